The van der Waals surface area contributed by atoms with Crippen molar-refractivity contribution in [3.8, 4) is 0 Å². The number of rotatable bonds is 4. The summed E-state index contributed by atoms with van der Waals surface area (Å²) in [5.41, 5.74) is 3.24. The van der Waals surface area contributed by atoms with E-state index in [1.165, 1.54) is 6.39 Å². The zero-order valence-corrected chi connectivity index (χ0v) is 11.9. The van der Waals surface area contributed by atoms with E-state index in [0.717, 1.165) is 23.1 Å². The number of oxazole rings is 1. The van der Waals surface area contributed by atoms with Gasteiger partial charge in [0.05, 0.1) is 0 Å². The lowest BCUT2D eigenvalue weighted by atomic mass is 10.1. The Kier molecular flexibility index (Phi) is 3.88. The molecule has 0 unspecified atom stereocenters. The summed E-state index contributed by atoms with van der Waals surface area (Å²) in [6.07, 6.45) is 2.15. The molecule has 1 amide bonds. The van der Waals surface area contributed by atoms with Crippen molar-refractivity contribution >= 4 is 28.6 Å². The van der Waals surface area contributed by atoms with Crippen molar-refractivity contribution in [2.75, 3.05) is 6.54 Å². The van der Waals surface area contributed by atoms with Crippen molar-refractivity contribution < 1.29 is 9.21 Å². The second-order valence-corrected chi connectivity index (χ2v) is 5.11. The minimum atomic E-state index is -0.127. The van der Waals surface area contributed by atoms with Crippen LogP contribution in [0.15, 0.2) is 53.3 Å². The largest absolute Gasteiger partial charge is 0.443 e. The average Bonchev–Trinajstić information content (AvgIpc) is 2.94. The van der Waals surface area contributed by atoms with Crippen LogP contribution in [0.1, 0.15) is 15.9 Å². The first-order valence-electron chi connectivity index (χ1n) is 6.58. The molecule has 0 bridgehead atoms. The van der Waals surface area contributed by atoms with E-state index in [9.17, 15) is 4.79 Å². The van der Waals surface area contributed by atoms with Crippen LogP contribution in [-0.2, 0) is 6.42 Å². The standard InChI is InChI=1S/C16H13ClN2O2/c17-13-3-1-2-12(9-13)16(20)18-7-6-11-4-5-14-15(8-11)21-10-19-14/h1-5,8-10H,6-7H2,(H,18,20). The number of hydrogen-bond donors (Lipinski definition) is 1. The third kappa shape index (κ3) is 3.23. The molecule has 0 saturated heterocycles. The Bertz CT molecular complexity index is 783. The molecule has 0 aliphatic rings. The maximum atomic E-state index is 12.0. The Morgan fingerprint density at radius 3 is 3.00 bits per heavy atom. The summed E-state index contributed by atoms with van der Waals surface area (Å²) in [5, 5.41) is 3.43. The summed E-state index contributed by atoms with van der Waals surface area (Å²) in [6.45, 7) is 0.547. The lowest BCUT2D eigenvalue weighted by molar-refractivity contribution is 0.0954. The molecule has 0 saturated carbocycles. The van der Waals surface area contributed by atoms with Crippen LogP contribution in [0.3, 0.4) is 0 Å². The Labute approximate surface area is 126 Å². The third-order valence-electron chi connectivity index (χ3n) is 3.18. The maximum Gasteiger partial charge on any atom is 0.251 e. The summed E-state index contributed by atoms with van der Waals surface area (Å²) in [4.78, 5) is 16.0. The van der Waals surface area contributed by atoms with E-state index in [2.05, 4.69) is 10.3 Å². The summed E-state index contributed by atoms with van der Waals surface area (Å²) in [7, 11) is 0. The van der Waals surface area contributed by atoms with Crippen molar-refractivity contribution in [1.82, 2.24) is 10.3 Å². The first-order chi connectivity index (χ1) is 10.2. The number of carbonyl (C=O) groups is 1. The highest BCUT2D eigenvalue weighted by molar-refractivity contribution is 6.30. The number of hydrogen-bond acceptors (Lipinski definition) is 3. The van der Waals surface area contributed by atoms with E-state index in [1.54, 1.807) is 24.3 Å². The molecule has 1 aromatic heterocycles. The molecule has 0 spiro atoms. The fourth-order valence-corrected chi connectivity index (χ4v) is 2.30. The topological polar surface area (TPSA) is 55.1 Å². The second-order valence-electron chi connectivity index (χ2n) is 4.67. The lowest BCUT2D eigenvalue weighted by Crippen LogP contribution is -2.25. The van der Waals surface area contributed by atoms with Gasteiger partial charge in [-0.25, -0.2) is 4.98 Å². The zero-order valence-electron chi connectivity index (χ0n) is 11.2. The molecule has 2 aromatic carbocycles. The van der Waals surface area contributed by atoms with Crippen LogP contribution in [0.25, 0.3) is 11.1 Å². The van der Waals surface area contributed by atoms with Gasteiger partial charge in [0, 0.05) is 17.1 Å². The summed E-state index contributed by atoms with van der Waals surface area (Å²) in [5.74, 6) is -0.127. The first-order valence-corrected chi connectivity index (χ1v) is 6.96. The predicted molar refractivity (Wildman–Crippen MR) is 81.5 cm³/mol. The van der Waals surface area contributed by atoms with Gasteiger partial charge >= 0.3 is 0 Å². The Morgan fingerprint density at radius 2 is 2.14 bits per heavy atom. The van der Waals surface area contributed by atoms with Crippen molar-refractivity contribution in [1.29, 1.82) is 0 Å². The van der Waals surface area contributed by atoms with Gasteiger partial charge in [0.1, 0.15) is 5.52 Å². The van der Waals surface area contributed by atoms with Gasteiger partial charge in [-0.1, -0.05) is 23.7 Å². The molecule has 106 valence electrons. The highest BCUT2D eigenvalue weighted by atomic mass is 35.5. The Hall–Kier alpha value is -2.33. The summed E-state index contributed by atoms with van der Waals surface area (Å²) >= 11 is 5.87. The molecule has 1 N–H and O–H groups in total. The normalized spacial score (nSPS) is 10.7. The molecular formula is C16H13ClN2O2. The Balaban J connectivity index is 1.59. The van der Waals surface area contributed by atoms with Crippen LogP contribution in [0.4, 0.5) is 0 Å². The number of aromatic nitrogens is 1. The molecule has 3 aromatic rings. The average molecular weight is 301 g/mol. The van der Waals surface area contributed by atoms with Crippen LogP contribution < -0.4 is 5.32 Å². The van der Waals surface area contributed by atoms with Gasteiger partial charge in [0.25, 0.3) is 5.91 Å². The second kappa shape index (κ2) is 5.97. The van der Waals surface area contributed by atoms with Crippen LogP contribution in [-0.4, -0.2) is 17.4 Å². The van der Waals surface area contributed by atoms with Gasteiger partial charge in [0.2, 0.25) is 0 Å². The zero-order chi connectivity index (χ0) is 14.7. The monoisotopic (exact) mass is 300 g/mol. The number of benzene rings is 2. The van der Waals surface area contributed by atoms with Gasteiger partial charge in [-0.05, 0) is 42.3 Å². The maximum absolute atomic E-state index is 12.0. The highest BCUT2D eigenvalue weighted by Crippen LogP contribution is 2.14. The van der Waals surface area contributed by atoms with E-state index >= 15 is 0 Å². The molecule has 4 nitrogen and oxygen atoms in total. The van der Waals surface area contributed by atoms with Gasteiger partial charge in [-0.3, -0.25) is 4.79 Å². The summed E-state index contributed by atoms with van der Waals surface area (Å²) < 4.78 is 5.26. The van der Waals surface area contributed by atoms with Crippen LogP contribution in [0.5, 0.6) is 0 Å². The molecule has 1 heterocycles. The molecule has 0 aliphatic carbocycles. The van der Waals surface area contributed by atoms with Gasteiger partial charge in [-0.15, -0.1) is 0 Å². The van der Waals surface area contributed by atoms with Crippen molar-refractivity contribution in [2.24, 2.45) is 0 Å². The smallest absolute Gasteiger partial charge is 0.251 e. The third-order valence-corrected chi connectivity index (χ3v) is 3.42. The lowest BCUT2D eigenvalue weighted by Gasteiger charge is -2.05. The van der Waals surface area contributed by atoms with Gasteiger partial charge in [0.15, 0.2) is 12.0 Å². The number of amides is 1. The number of carbonyl (C=O) groups excluding carboxylic acids is 1. The fourth-order valence-electron chi connectivity index (χ4n) is 2.11. The van der Waals surface area contributed by atoms with Crippen LogP contribution in [0, 0.1) is 0 Å². The van der Waals surface area contributed by atoms with Gasteiger partial charge < -0.3 is 9.73 Å². The molecule has 3 rings (SSSR count). The molecule has 0 atom stereocenters. The van der Waals surface area contributed by atoms with Crippen LogP contribution >= 0.6 is 11.6 Å². The molecule has 21 heavy (non-hydrogen) atoms. The van der Waals surface area contributed by atoms with E-state index in [-0.39, 0.29) is 5.91 Å². The predicted octanol–water partition coefficient (Wildman–Crippen LogP) is 3.45. The minimum Gasteiger partial charge on any atom is -0.443 e. The number of nitrogens with one attached hydrogen (secondary N) is 1. The minimum absolute atomic E-state index is 0.127. The van der Waals surface area contributed by atoms with E-state index in [1.807, 2.05) is 18.2 Å². The van der Waals surface area contributed by atoms with E-state index < -0.39 is 0 Å². The van der Waals surface area contributed by atoms with Crippen molar-refractivity contribution in [3.05, 3.63) is 65.0 Å². The van der Waals surface area contributed by atoms with E-state index in [0.29, 0.717) is 17.1 Å². The van der Waals surface area contributed by atoms with Gasteiger partial charge in [-0.2, -0.15) is 0 Å². The van der Waals surface area contributed by atoms with Crippen LogP contribution in [0.2, 0.25) is 5.02 Å². The number of halogens is 1. The number of nitrogens with zero attached hydrogens (tertiary/aromatic N) is 1. The molecule has 0 fully saturated rings. The van der Waals surface area contributed by atoms with Crippen molar-refractivity contribution in [3.63, 3.8) is 0 Å². The van der Waals surface area contributed by atoms with Crippen molar-refractivity contribution in [2.45, 2.75) is 6.42 Å². The molecular weight excluding hydrogens is 288 g/mol. The molecule has 5 heteroatoms. The SMILES string of the molecule is O=C(NCCc1ccc2ncoc2c1)c1cccc(Cl)c1. The molecule has 0 radical (unpaired) electrons. The van der Waals surface area contributed by atoms with E-state index in [4.69, 9.17) is 16.0 Å². The quantitative estimate of drug-likeness (QED) is 0.803. The molecule has 0 aliphatic heterocycles. The fraction of sp³-hybridized carbons (Fsp3) is 0.125. The Morgan fingerprint density at radius 1 is 1.24 bits per heavy atom. The highest BCUT2D eigenvalue weighted by Gasteiger charge is 2.06. The number of fused-ring (bicyclic) bond motifs is 1. The summed E-state index contributed by atoms with van der Waals surface area (Å²) in [6, 6.07) is 12.7. The first kappa shape index (κ1) is 13.6.